The number of anilines is 3. The van der Waals surface area contributed by atoms with E-state index in [-0.39, 0.29) is 6.61 Å². The molecule has 11 heteroatoms. The number of nitrogens with one attached hydrogen (secondary N) is 2. The van der Waals surface area contributed by atoms with Gasteiger partial charge in [-0.25, -0.2) is 9.97 Å². The number of aliphatic hydroxyl groups excluding tert-OH is 1. The molecule has 0 aliphatic heterocycles. The van der Waals surface area contributed by atoms with Gasteiger partial charge < -0.3 is 36.1 Å². The van der Waals surface area contributed by atoms with Crippen molar-refractivity contribution < 1.29 is 14.6 Å². The monoisotopic (exact) mass is 527 g/mol. The van der Waals surface area contributed by atoms with Crippen molar-refractivity contribution in [3.05, 3.63) is 34.5 Å². The van der Waals surface area contributed by atoms with E-state index in [0.29, 0.717) is 23.5 Å². The van der Waals surface area contributed by atoms with Gasteiger partial charge in [0.1, 0.15) is 22.7 Å². The molecule has 37 heavy (non-hydrogen) atoms. The Bertz CT molecular complexity index is 1200. The number of hydrogen-bond acceptors (Lipinski definition) is 10. The van der Waals surface area contributed by atoms with Gasteiger partial charge in [-0.15, -0.1) is 11.3 Å². The van der Waals surface area contributed by atoms with E-state index in [1.807, 2.05) is 20.2 Å². The Hall–Kier alpha value is -3.28. The molecule has 2 heterocycles. The number of amides is 1. The maximum Gasteiger partial charge on any atom is 0.209 e. The summed E-state index contributed by atoms with van der Waals surface area (Å²) in [6, 6.07) is 3.54. The van der Waals surface area contributed by atoms with E-state index in [4.69, 9.17) is 21.0 Å². The van der Waals surface area contributed by atoms with Gasteiger partial charge in [-0.3, -0.25) is 4.79 Å². The number of aromatic nitrogens is 2. The Morgan fingerprint density at radius 1 is 1.22 bits per heavy atom. The number of aliphatic hydroxyl groups is 1. The van der Waals surface area contributed by atoms with Crippen molar-refractivity contribution in [1.29, 1.82) is 5.41 Å². The minimum atomic E-state index is 0.0424. The van der Waals surface area contributed by atoms with Crippen LogP contribution in [0.3, 0.4) is 0 Å². The number of nitrogen functional groups attached to an aromatic ring is 1. The van der Waals surface area contributed by atoms with E-state index < -0.39 is 0 Å². The van der Waals surface area contributed by atoms with Crippen LogP contribution < -0.4 is 15.8 Å². The molecule has 1 aliphatic rings. The molecule has 0 atom stereocenters. The first kappa shape index (κ1) is 28.3. The zero-order chi connectivity index (χ0) is 26.8. The van der Waals surface area contributed by atoms with Crippen LogP contribution in [0, 0.1) is 5.41 Å². The maximum absolute atomic E-state index is 10.4. The molecule has 1 aromatic carbocycles. The Kier molecular flexibility index (Phi) is 10.6. The molecule has 0 saturated heterocycles. The Morgan fingerprint density at radius 3 is 2.68 bits per heavy atom. The largest absolute Gasteiger partial charge is 0.494 e. The third kappa shape index (κ3) is 7.37. The molecule has 0 fully saturated rings. The molecular weight excluding hydrogens is 490 g/mol. The maximum atomic E-state index is 10.4. The van der Waals surface area contributed by atoms with Gasteiger partial charge in [0.25, 0.3) is 0 Å². The third-order valence-electron chi connectivity index (χ3n) is 6.15. The molecule has 5 N–H and O–H groups in total. The number of fused-ring (bicyclic) bond motifs is 3. The molecule has 0 radical (unpaired) electrons. The highest BCUT2D eigenvalue weighted by Gasteiger charge is 2.20. The summed E-state index contributed by atoms with van der Waals surface area (Å²) in [6.45, 7) is 2.18. The van der Waals surface area contributed by atoms with Crippen molar-refractivity contribution in [3.8, 4) is 5.75 Å². The lowest BCUT2D eigenvalue weighted by Crippen LogP contribution is -2.28. The molecule has 0 unspecified atom stereocenters. The molecule has 1 amide bonds. The topological polar surface area (TPSA) is 141 Å². The summed E-state index contributed by atoms with van der Waals surface area (Å²) in [5, 5.41) is 20.6. The number of benzene rings is 1. The molecule has 200 valence electrons. The SMILES string of the molecule is CN(C)CCCN(C=O)CCO.COc1cc(N)c(C=N)cc1Nc1ncnc2sc3c(c12)CCCC3. The van der Waals surface area contributed by atoms with Gasteiger partial charge in [0.15, 0.2) is 0 Å². The highest BCUT2D eigenvalue weighted by molar-refractivity contribution is 7.19. The molecule has 4 rings (SSSR count). The molecule has 2 aromatic heterocycles. The van der Waals surface area contributed by atoms with Crippen LogP contribution >= 0.6 is 11.3 Å². The van der Waals surface area contributed by atoms with Crippen molar-refractivity contribution in [2.45, 2.75) is 32.1 Å². The molecule has 1 aliphatic carbocycles. The quantitative estimate of drug-likeness (QED) is 0.169. The number of carbonyl (C=O) groups excluding carboxylic acids is 1. The zero-order valence-corrected chi connectivity index (χ0v) is 22.6. The lowest BCUT2D eigenvalue weighted by molar-refractivity contribution is -0.118. The van der Waals surface area contributed by atoms with Crippen LogP contribution in [0.5, 0.6) is 5.75 Å². The van der Waals surface area contributed by atoms with Crippen LogP contribution in [0.25, 0.3) is 10.2 Å². The van der Waals surface area contributed by atoms with Crippen LogP contribution in [-0.4, -0.2) is 84.9 Å². The van der Waals surface area contributed by atoms with Crippen molar-refractivity contribution in [1.82, 2.24) is 19.8 Å². The molecular formula is C26H37N7O3S. The van der Waals surface area contributed by atoms with E-state index in [1.54, 1.807) is 35.7 Å². The fourth-order valence-corrected chi connectivity index (χ4v) is 5.48. The zero-order valence-electron chi connectivity index (χ0n) is 21.8. The van der Waals surface area contributed by atoms with Crippen molar-refractivity contribution in [3.63, 3.8) is 0 Å². The summed E-state index contributed by atoms with van der Waals surface area (Å²) in [5.74, 6) is 1.40. The summed E-state index contributed by atoms with van der Waals surface area (Å²) in [4.78, 5) is 25.4. The smallest absolute Gasteiger partial charge is 0.209 e. The van der Waals surface area contributed by atoms with Gasteiger partial charge in [-0.2, -0.15) is 0 Å². The molecule has 3 aromatic rings. The average molecular weight is 528 g/mol. The van der Waals surface area contributed by atoms with E-state index >= 15 is 0 Å². The van der Waals surface area contributed by atoms with Gasteiger partial charge in [-0.05, 0) is 64.4 Å². The number of carbonyl (C=O) groups is 1. The number of nitrogens with two attached hydrogens (primary N) is 1. The second-order valence-electron chi connectivity index (χ2n) is 9.09. The van der Waals surface area contributed by atoms with E-state index in [1.165, 1.54) is 29.5 Å². The average Bonchev–Trinajstić information content (AvgIpc) is 3.28. The summed E-state index contributed by atoms with van der Waals surface area (Å²) in [6.07, 6.45) is 9.20. The summed E-state index contributed by atoms with van der Waals surface area (Å²) >= 11 is 1.77. The van der Waals surface area contributed by atoms with Crippen molar-refractivity contribution >= 4 is 51.4 Å². The van der Waals surface area contributed by atoms with Gasteiger partial charge in [0, 0.05) is 41.5 Å². The summed E-state index contributed by atoms with van der Waals surface area (Å²) in [5.41, 5.74) is 9.22. The number of rotatable bonds is 11. The lowest BCUT2D eigenvalue weighted by Gasteiger charge is -2.17. The van der Waals surface area contributed by atoms with Gasteiger partial charge >= 0.3 is 0 Å². The first-order valence-corrected chi connectivity index (χ1v) is 13.2. The number of nitrogens with zero attached hydrogens (tertiary/aromatic N) is 4. The van der Waals surface area contributed by atoms with Crippen LogP contribution in [0.4, 0.5) is 17.2 Å². The summed E-state index contributed by atoms with van der Waals surface area (Å²) in [7, 11) is 5.60. The van der Waals surface area contributed by atoms with Gasteiger partial charge in [0.05, 0.1) is 24.8 Å². The number of aryl methyl sites for hydroxylation is 2. The predicted octanol–water partition coefficient (Wildman–Crippen LogP) is 3.29. The minimum Gasteiger partial charge on any atom is -0.494 e. The van der Waals surface area contributed by atoms with Gasteiger partial charge in [-0.1, -0.05) is 0 Å². The molecule has 0 spiro atoms. The van der Waals surface area contributed by atoms with E-state index in [9.17, 15) is 4.79 Å². The van der Waals surface area contributed by atoms with Crippen molar-refractivity contribution in [2.75, 3.05) is 58.5 Å². The number of hydrogen-bond donors (Lipinski definition) is 4. The Labute approximate surface area is 222 Å². The third-order valence-corrected chi connectivity index (χ3v) is 7.35. The van der Waals surface area contributed by atoms with Crippen molar-refractivity contribution in [2.24, 2.45) is 0 Å². The van der Waals surface area contributed by atoms with Crippen LogP contribution in [0.2, 0.25) is 0 Å². The molecule has 0 bridgehead atoms. The van der Waals surface area contributed by atoms with Crippen LogP contribution in [-0.2, 0) is 17.6 Å². The second-order valence-corrected chi connectivity index (χ2v) is 10.2. The van der Waals surface area contributed by atoms with Gasteiger partial charge in [0.2, 0.25) is 6.41 Å². The lowest BCUT2D eigenvalue weighted by atomic mass is 9.97. The number of thiophene rings is 1. The Balaban J connectivity index is 0.000000270. The Morgan fingerprint density at radius 2 is 2.00 bits per heavy atom. The molecule has 10 nitrogen and oxygen atoms in total. The standard InChI is InChI=1S/C18H19N5OS.C8H18N2O2/c1-24-14-7-12(20)10(8-19)6-13(14)23-17-16-11-4-2-3-5-15(11)25-18(16)22-9-21-17;1-9(2)4-3-5-10(8-12)6-7-11/h6-9,19H,2-5,20H2,1H3,(H,21,22,23);8,11H,3-7H2,1-2H3. The normalized spacial score (nSPS) is 12.5. The highest BCUT2D eigenvalue weighted by atomic mass is 32.1. The first-order valence-electron chi connectivity index (χ1n) is 12.4. The van der Waals surface area contributed by atoms with Crippen LogP contribution in [0.1, 0.15) is 35.3 Å². The number of ether oxygens (including phenoxy) is 1. The second kappa shape index (κ2) is 13.9. The van der Waals surface area contributed by atoms with E-state index in [0.717, 1.165) is 60.5 Å². The first-order chi connectivity index (χ1) is 17.9. The predicted molar refractivity (Wildman–Crippen MR) is 151 cm³/mol. The fraction of sp³-hybridized carbons (Fsp3) is 0.462. The minimum absolute atomic E-state index is 0.0424. The van der Waals surface area contributed by atoms with Crippen LogP contribution in [0.15, 0.2) is 18.5 Å². The number of methoxy groups -OCH3 is 1. The fourth-order valence-electron chi connectivity index (χ4n) is 4.25. The summed E-state index contributed by atoms with van der Waals surface area (Å²) < 4.78 is 5.45. The molecule has 0 saturated carbocycles. The van der Waals surface area contributed by atoms with E-state index in [2.05, 4.69) is 20.2 Å². The highest BCUT2D eigenvalue weighted by Crippen LogP contribution is 2.40.